The van der Waals surface area contributed by atoms with E-state index in [4.69, 9.17) is 4.74 Å². The maximum absolute atomic E-state index is 12.2. The number of nitrogens with one attached hydrogen (secondary N) is 2. The molecule has 9 heteroatoms. The van der Waals surface area contributed by atoms with Gasteiger partial charge in [0.15, 0.2) is 5.96 Å². The third-order valence-electron chi connectivity index (χ3n) is 4.19. The molecule has 0 aliphatic carbocycles. The Hall–Kier alpha value is -0.290. The highest BCUT2D eigenvalue weighted by molar-refractivity contribution is 14.0. The average molecular weight is 464 g/mol. The lowest BCUT2D eigenvalue weighted by Gasteiger charge is -2.22. The molecule has 0 aromatic heterocycles. The normalized spacial score (nSPS) is 26.6. The lowest BCUT2D eigenvalue weighted by Crippen LogP contribution is -2.47. The van der Waals surface area contributed by atoms with E-state index < -0.39 is 12.7 Å². The number of aliphatic imine (C=N–C) groups is 1. The second-order valence-corrected chi connectivity index (χ2v) is 6.33. The molecule has 0 saturated carbocycles. The molecular weight excluding hydrogens is 436 g/mol. The second kappa shape index (κ2) is 10.0. The summed E-state index contributed by atoms with van der Waals surface area (Å²) in [5, 5.41) is 6.58. The maximum atomic E-state index is 12.2. The van der Waals surface area contributed by atoms with Crippen molar-refractivity contribution < 1.29 is 17.9 Å². The zero-order valence-corrected chi connectivity index (χ0v) is 16.6. The van der Waals surface area contributed by atoms with E-state index in [0.717, 1.165) is 31.8 Å². The predicted octanol–water partition coefficient (Wildman–Crippen LogP) is 2.36. The van der Waals surface area contributed by atoms with Gasteiger partial charge in [-0.1, -0.05) is 0 Å². The van der Waals surface area contributed by atoms with E-state index >= 15 is 0 Å². The van der Waals surface area contributed by atoms with Crippen molar-refractivity contribution in [1.29, 1.82) is 0 Å². The first-order chi connectivity index (χ1) is 10.9. The monoisotopic (exact) mass is 464 g/mol. The van der Waals surface area contributed by atoms with E-state index in [-0.39, 0.29) is 30.1 Å². The second-order valence-electron chi connectivity index (χ2n) is 6.33. The quantitative estimate of drug-likeness (QED) is 0.263. The largest absolute Gasteiger partial charge is 0.401 e. The topological polar surface area (TPSA) is 48.9 Å². The van der Waals surface area contributed by atoms with Crippen LogP contribution < -0.4 is 10.6 Å². The van der Waals surface area contributed by atoms with E-state index in [2.05, 4.69) is 15.6 Å². The Balaban J connectivity index is 0.00000288. The lowest BCUT2D eigenvalue weighted by molar-refractivity contribution is -0.143. The number of hydrogen-bond acceptors (Lipinski definition) is 3. The Labute approximate surface area is 158 Å². The fourth-order valence-corrected chi connectivity index (χ4v) is 3.20. The van der Waals surface area contributed by atoms with Crippen molar-refractivity contribution in [1.82, 2.24) is 15.5 Å². The molecule has 2 saturated heterocycles. The molecule has 142 valence electrons. The van der Waals surface area contributed by atoms with Crippen molar-refractivity contribution >= 4 is 29.9 Å². The van der Waals surface area contributed by atoms with Gasteiger partial charge in [0, 0.05) is 13.1 Å². The van der Waals surface area contributed by atoms with Gasteiger partial charge in [-0.3, -0.25) is 9.89 Å². The van der Waals surface area contributed by atoms with E-state index in [1.165, 1.54) is 11.9 Å². The number of fused-ring (bicyclic) bond motifs is 2. The van der Waals surface area contributed by atoms with Crippen LogP contribution in [-0.2, 0) is 4.74 Å². The highest BCUT2D eigenvalue weighted by Crippen LogP contribution is 2.34. The predicted molar refractivity (Wildman–Crippen MR) is 99.0 cm³/mol. The fraction of sp³-hybridized carbons (Fsp3) is 0.933. The summed E-state index contributed by atoms with van der Waals surface area (Å²) in [5.74, 6) is 0.729. The average Bonchev–Trinajstić information content (AvgIpc) is 3.04. The summed E-state index contributed by atoms with van der Waals surface area (Å²) in [4.78, 5) is 5.74. The molecule has 2 aliphatic rings. The van der Waals surface area contributed by atoms with Crippen LogP contribution in [-0.4, -0.2) is 68.5 Å². The molecular formula is C15H28F3IN4O. The lowest BCUT2D eigenvalue weighted by atomic mass is 9.96. The standard InChI is InChI=1S/C15H27F3N4O.HI/c1-3-19-14(21-12-9-11-5-6-13(12)23-11)20-7-4-8-22(2)10-15(16,17)18;/h11-13H,3-10H2,1-2H3,(H2,19,20,21);1H. The van der Waals surface area contributed by atoms with Crippen molar-refractivity contribution in [2.75, 3.05) is 33.2 Å². The number of hydrogen-bond donors (Lipinski definition) is 2. The molecule has 2 fully saturated rings. The van der Waals surface area contributed by atoms with Crippen molar-refractivity contribution in [3.63, 3.8) is 0 Å². The van der Waals surface area contributed by atoms with Gasteiger partial charge in [-0.25, -0.2) is 0 Å². The van der Waals surface area contributed by atoms with Gasteiger partial charge in [-0.15, -0.1) is 24.0 Å². The van der Waals surface area contributed by atoms with Crippen LogP contribution in [0, 0.1) is 0 Å². The smallest absolute Gasteiger partial charge is 0.373 e. The van der Waals surface area contributed by atoms with Crippen molar-refractivity contribution in [3.05, 3.63) is 0 Å². The molecule has 24 heavy (non-hydrogen) atoms. The number of alkyl halides is 3. The molecule has 0 spiro atoms. The minimum Gasteiger partial charge on any atom is -0.373 e. The van der Waals surface area contributed by atoms with Gasteiger partial charge in [0.05, 0.1) is 24.8 Å². The molecule has 0 radical (unpaired) electrons. The Kier molecular flexibility index (Phi) is 9.07. The summed E-state index contributed by atoms with van der Waals surface area (Å²) < 4.78 is 42.5. The first-order valence-corrected chi connectivity index (χ1v) is 8.33. The minimum atomic E-state index is -4.14. The SMILES string of the molecule is CCNC(=NCCCN(C)CC(F)(F)F)NC1CC2CCC1O2.I. The zero-order valence-electron chi connectivity index (χ0n) is 14.2. The van der Waals surface area contributed by atoms with Crippen LogP contribution in [0.25, 0.3) is 0 Å². The molecule has 0 amide bonds. The first kappa shape index (κ1) is 21.8. The van der Waals surface area contributed by atoms with Crippen molar-refractivity contribution in [2.45, 2.75) is 57.0 Å². The van der Waals surface area contributed by atoms with Crippen LogP contribution in [0.3, 0.4) is 0 Å². The first-order valence-electron chi connectivity index (χ1n) is 8.33. The summed E-state index contributed by atoms with van der Waals surface area (Å²) in [6.45, 7) is 2.74. The van der Waals surface area contributed by atoms with Gasteiger partial charge in [0.2, 0.25) is 0 Å². The van der Waals surface area contributed by atoms with Gasteiger partial charge in [0.25, 0.3) is 0 Å². The van der Waals surface area contributed by atoms with Gasteiger partial charge in [-0.05, 0) is 46.2 Å². The number of halogens is 4. The summed E-state index contributed by atoms with van der Waals surface area (Å²) in [7, 11) is 1.48. The molecule has 5 nitrogen and oxygen atoms in total. The summed E-state index contributed by atoms with van der Waals surface area (Å²) >= 11 is 0. The molecule has 2 heterocycles. The summed E-state index contributed by atoms with van der Waals surface area (Å²) in [5.41, 5.74) is 0. The van der Waals surface area contributed by atoms with Crippen LogP contribution in [0.1, 0.15) is 32.6 Å². The van der Waals surface area contributed by atoms with E-state index in [9.17, 15) is 13.2 Å². The molecule has 2 aliphatic heterocycles. The van der Waals surface area contributed by atoms with Crippen LogP contribution in [0.4, 0.5) is 13.2 Å². The minimum absolute atomic E-state index is 0. The maximum Gasteiger partial charge on any atom is 0.401 e. The Morgan fingerprint density at radius 2 is 2.08 bits per heavy atom. The van der Waals surface area contributed by atoms with Gasteiger partial charge >= 0.3 is 6.18 Å². The van der Waals surface area contributed by atoms with Crippen LogP contribution in [0.2, 0.25) is 0 Å². The van der Waals surface area contributed by atoms with E-state index in [1.807, 2.05) is 6.92 Å². The van der Waals surface area contributed by atoms with Crippen LogP contribution >= 0.6 is 24.0 Å². The Morgan fingerprint density at radius 3 is 2.62 bits per heavy atom. The summed E-state index contributed by atoms with van der Waals surface area (Å²) in [6.07, 6.45) is 0.320. The van der Waals surface area contributed by atoms with Crippen LogP contribution in [0.5, 0.6) is 0 Å². The van der Waals surface area contributed by atoms with Crippen LogP contribution in [0.15, 0.2) is 4.99 Å². The number of guanidine groups is 1. The Bertz CT molecular complexity index is 409. The molecule has 2 N–H and O–H groups in total. The highest BCUT2D eigenvalue weighted by atomic mass is 127. The fourth-order valence-electron chi connectivity index (χ4n) is 3.20. The van der Waals surface area contributed by atoms with Gasteiger partial charge < -0.3 is 15.4 Å². The summed E-state index contributed by atoms with van der Waals surface area (Å²) in [6, 6.07) is 0.291. The van der Waals surface area contributed by atoms with Crippen molar-refractivity contribution in [2.24, 2.45) is 4.99 Å². The molecule has 3 unspecified atom stereocenters. The van der Waals surface area contributed by atoms with Crippen molar-refractivity contribution in [3.8, 4) is 0 Å². The third-order valence-corrected chi connectivity index (χ3v) is 4.19. The number of ether oxygens (including phenoxy) is 1. The van der Waals surface area contributed by atoms with E-state index in [1.54, 1.807) is 0 Å². The third kappa shape index (κ3) is 7.30. The number of rotatable bonds is 7. The highest BCUT2D eigenvalue weighted by Gasteiger charge is 2.41. The Morgan fingerprint density at radius 1 is 1.33 bits per heavy atom. The van der Waals surface area contributed by atoms with E-state index in [0.29, 0.717) is 31.7 Å². The molecule has 0 aromatic rings. The molecule has 3 atom stereocenters. The molecule has 2 rings (SSSR count). The van der Waals surface area contributed by atoms with Gasteiger partial charge in [0.1, 0.15) is 0 Å². The molecule has 2 bridgehead atoms. The molecule has 0 aromatic carbocycles. The zero-order chi connectivity index (χ0) is 16.9. The number of nitrogens with zero attached hydrogens (tertiary/aromatic N) is 2. The van der Waals surface area contributed by atoms with Gasteiger partial charge in [-0.2, -0.15) is 13.2 Å².